The van der Waals surface area contributed by atoms with Gasteiger partial charge in [-0.15, -0.1) is 12.6 Å². The van der Waals surface area contributed by atoms with Crippen LogP contribution in [-0.4, -0.2) is 5.48 Å². The summed E-state index contributed by atoms with van der Waals surface area (Å²) in [7, 11) is 0. The standard InChI is InChI=1S/C7H8S.C2H6.H3N.H2O/c1-6-2-4-7(8)5-3-6;1-2;;/h2-5,8H,1H3;1-2H3;1H3;1H2. The summed E-state index contributed by atoms with van der Waals surface area (Å²) < 4.78 is 0. The number of thiol groups is 1. The van der Waals surface area contributed by atoms with Crippen molar-refractivity contribution < 1.29 is 5.48 Å². The third-order valence-electron chi connectivity index (χ3n) is 1.03. The monoisotopic (exact) mass is 189 g/mol. The molecule has 0 heterocycles. The Morgan fingerprint density at radius 1 is 1.00 bits per heavy atom. The number of rotatable bonds is 0. The minimum absolute atomic E-state index is 0. The molecule has 1 rings (SSSR count). The Balaban J connectivity index is -0.000000189. The lowest BCUT2D eigenvalue weighted by molar-refractivity contribution is 0.824. The molecular weight excluding hydrogens is 170 g/mol. The maximum Gasteiger partial charge on any atom is 0.00401 e. The first kappa shape index (κ1) is 17.5. The van der Waals surface area contributed by atoms with Crippen LogP contribution in [0.4, 0.5) is 0 Å². The largest absolute Gasteiger partial charge is 0.412 e. The molecule has 0 saturated heterocycles. The number of hydrogen-bond donors (Lipinski definition) is 2. The maximum absolute atomic E-state index is 4.13. The van der Waals surface area contributed by atoms with E-state index in [4.69, 9.17) is 0 Å². The first-order chi connectivity index (χ1) is 4.79. The zero-order valence-corrected chi connectivity index (χ0v) is 8.86. The summed E-state index contributed by atoms with van der Waals surface area (Å²) in [6.45, 7) is 6.06. The van der Waals surface area contributed by atoms with Crippen LogP contribution in [-0.2, 0) is 0 Å². The zero-order valence-electron chi connectivity index (χ0n) is 7.96. The first-order valence-corrected chi connectivity index (χ1v) is 3.99. The Bertz CT molecular complexity index is 153. The topological polar surface area (TPSA) is 66.5 Å². The summed E-state index contributed by atoms with van der Waals surface area (Å²) in [6.07, 6.45) is 0. The average Bonchev–Trinajstić information content (AvgIpc) is 2.00. The molecule has 0 unspecified atom stereocenters. The summed E-state index contributed by atoms with van der Waals surface area (Å²) in [5.74, 6) is 0. The second-order valence-corrected chi connectivity index (χ2v) is 2.35. The molecule has 0 fully saturated rings. The van der Waals surface area contributed by atoms with E-state index in [1.807, 2.05) is 38.1 Å². The van der Waals surface area contributed by atoms with Gasteiger partial charge in [0.1, 0.15) is 0 Å². The van der Waals surface area contributed by atoms with Gasteiger partial charge in [0.15, 0.2) is 0 Å². The third-order valence-corrected chi connectivity index (χ3v) is 1.33. The molecule has 5 N–H and O–H groups in total. The molecule has 0 aliphatic rings. The van der Waals surface area contributed by atoms with Crippen LogP contribution < -0.4 is 6.15 Å². The lowest BCUT2D eigenvalue weighted by Gasteiger charge is -1.89. The average molecular weight is 189 g/mol. The van der Waals surface area contributed by atoms with Gasteiger partial charge in [0.05, 0.1) is 0 Å². The molecule has 2 nitrogen and oxygen atoms in total. The summed E-state index contributed by atoms with van der Waals surface area (Å²) in [6, 6.07) is 8.06. The first-order valence-electron chi connectivity index (χ1n) is 3.54. The smallest absolute Gasteiger partial charge is 0.00401 e. The van der Waals surface area contributed by atoms with E-state index in [9.17, 15) is 0 Å². The van der Waals surface area contributed by atoms with Gasteiger partial charge in [0, 0.05) is 4.90 Å². The number of benzene rings is 1. The Hall–Kier alpha value is -0.510. The highest BCUT2D eigenvalue weighted by atomic mass is 32.1. The Kier molecular flexibility index (Phi) is 15.3. The highest BCUT2D eigenvalue weighted by molar-refractivity contribution is 7.80. The highest BCUT2D eigenvalue weighted by Crippen LogP contribution is 2.05. The van der Waals surface area contributed by atoms with Crippen molar-refractivity contribution in [3.63, 3.8) is 0 Å². The van der Waals surface area contributed by atoms with Gasteiger partial charge in [-0.1, -0.05) is 31.5 Å². The molecule has 0 aromatic heterocycles. The van der Waals surface area contributed by atoms with Crippen molar-refractivity contribution in [3.8, 4) is 0 Å². The van der Waals surface area contributed by atoms with E-state index < -0.39 is 0 Å². The molecule has 0 radical (unpaired) electrons. The molecule has 0 aliphatic carbocycles. The Morgan fingerprint density at radius 3 is 1.58 bits per heavy atom. The fourth-order valence-corrected chi connectivity index (χ4v) is 0.694. The quantitative estimate of drug-likeness (QED) is 0.605. The summed E-state index contributed by atoms with van der Waals surface area (Å²) in [5.41, 5.74) is 1.28. The normalized spacial score (nSPS) is 6.67. The van der Waals surface area contributed by atoms with Gasteiger partial charge in [-0.25, -0.2) is 0 Å². The predicted molar refractivity (Wildman–Crippen MR) is 58.4 cm³/mol. The van der Waals surface area contributed by atoms with E-state index in [1.165, 1.54) is 5.56 Å². The summed E-state index contributed by atoms with van der Waals surface area (Å²) >= 11 is 4.13. The van der Waals surface area contributed by atoms with Crippen LogP contribution in [0.25, 0.3) is 0 Å². The van der Waals surface area contributed by atoms with E-state index in [0.29, 0.717) is 0 Å². The summed E-state index contributed by atoms with van der Waals surface area (Å²) in [5, 5.41) is 0. The molecule has 0 aliphatic heterocycles. The molecule has 0 spiro atoms. The van der Waals surface area contributed by atoms with Crippen molar-refractivity contribution in [2.75, 3.05) is 0 Å². The summed E-state index contributed by atoms with van der Waals surface area (Å²) in [4.78, 5) is 1.02. The number of aryl methyl sites for hydroxylation is 1. The van der Waals surface area contributed by atoms with Gasteiger partial charge in [-0.2, -0.15) is 0 Å². The van der Waals surface area contributed by atoms with Crippen LogP contribution >= 0.6 is 12.6 Å². The van der Waals surface area contributed by atoms with Gasteiger partial charge < -0.3 is 11.6 Å². The molecule has 1 aromatic carbocycles. The van der Waals surface area contributed by atoms with Gasteiger partial charge in [0.25, 0.3) is 0 Å². The second-order valence-electron chi connectivity index (χ2n) is 1.84. The molecule has 0 saturated carbocycles. The van der Waals surface area contributed by atoms with Crippen molar-refractivity contribution >= 4 is 12.6 Å². The van der Waals surface area contributed by atoms with Crippen LogP contribution in [0.2, 0.25) is 0 Å². The van der Waals surface area contributed by atoms with Crippen LogP contribution in [0.1, 0.15) is 19.4 Å². The van der Waals surface area contributed by atoms with Crippen LogP contribution in [0.5, 0.6) is 0 Å². The Labute approximate surface area is 80.3 Å². The maximum atomic E-state index is 4.13. The van der Waals surface area contributed by atoms with Gasteiger partial charge in [-0.3, -0.25) is 0 Å². The fourth-order valence-electron chi connectivity index (χ4n) is 0.545. The van der Waals surface area contributed by atoms with Crippen LogP contribution in [0.15, 0.2) is 29.2 Å². The fraction of sp³-hybridized carbons (Fsp3) is 0.333. The SMILES string of the molecule is CC.Cc1ccc(S)cc1.N.O. The highest BCUT2D eigenvalue weighted by Gasteiger charge is 1.80. The molecule has 0 bridgehead atoms. The lowest BCUT2D eigenvalue weighted by atomic mass is 10.2. The molecular formula is C9H19NOS. The predicted octanol–water partition coefficient (Wildman–Crippen LogP) is 2.65. The minimum atomic E-state index is 0. The van der Waals surface area contributed by atoms with Crippen molar-refractivity contribution in [2.24, 2.45) is 0 Å². The van der Waals surface area contributed by atoms with E-state index in [-0.39, 0.29) is 11.6 Å². The van der Waals surface area contributed by atoms with Crippen molar-refractivity contribution in [1.29, 1.82) is 0 Å². The Morgan fingerprint density at radius 2 is 1.33 bits per heavy atom. The van der Waals surface area contributed by atoms with E-state index in [2.05, 4.69) is 19.6 Å². The number of hydrogen-bond acceptors (Lipinski definition) is 2. The molecule has 3 heteroatoms. The van der Waals surface area contributed by atoms with Crippen molar-refractivity contribution in [1.82, 2.24) is 6.15 Å². The van der Waals surface area contributed by atoms with E-state index >= 15 is 0 Å². The minimum Gasteiger partial charge on any atom is -0.412 e. The van der Waals surface area contributed by atoms with E-state index in [0.717, 1.165) is 4.90 Å². The molecule has 0 atom stereocenters. The van der Waals surface area contributed by atoms with Crippen molar-refractivity contribution in [2.45, 2.75) is 25.7 Å². The zero-order chi connectivity index (χ0) is 7.98. The van der Waals surface area contributed by atoms with Crippen LogP contribution in [0.3, 0.4) is 0 Å². The lowest BCUT2D eigenvalue weighted by Crippen LogP contribution is -1.67. The van der Waals surface area contributed by atoms with Crippen molar-refractivity contribution in [3.05, 3.63) is 29.8 Å². The molecule has 72 valence electrons. The third kappa shape index (κ3) is 7.60. The van der Waals surface area contributed by atoms with Crippen LogP contribution in [0, 0.1) is 6.92 Å². The van der Waals surface area contributed by atoms with Gasteiger partial charge in [-0.05, 0) is 19.1 Å². The molecule has 0 amide bonds. The second kappa shape index (κ2) is 10.5. The van der Waals surface area contributed by atoms with E-state index in [1.54, 1.807) is 0 Å². The van der Waals surface area contributed by atoms with Gasteiger partial charge in [0.2, 0.25) is 0 Å². The molecule has 1 aromatic rings. The molecule has 12 heavy (non-hydrogen) atoms. The van der Waals surface area contributed by atoms with Gasteiger partial charge >= 0.3 is 0 Å².